The van der Waals surface area contributed by atoms with E-state index in [0.717, 1.165) is 24.7 Å². The second-order valence-corrected chi connectivity index (χ2v) is 7.16. The number of halogens is 1. The van der Waals surface area contributed by atoms with Crippen LogP contribution in [0, 0.1) is 5.82 Å². The van der Waals surface area contributed by atoms with Gasteiger partial charge >= 0.3 is 0 Å². The number of nitrogens with one attached hydrogen (secondary N) is 1. The van der Waals surface area contributed by atoms with Gasteiger partial charge in [-0.05, 0) is 30.5 Å². The van der Waals surface area contributed by atoms with Crippen LogP contribution in [-0.2, 0) is 21.4 Å². The second kappa shape index (κ2) is 6.53. The van der Waals surface area contributed by atoms with Gasteiger partial charge in [-0.2, -0.15) is 4.31 Å². The Morgan fingerprint density at radius 1 is 1.33 bits per heavy atom. The lowest BCUT2D eigenvalue weighted by Gasteiger charge is -2.32. The number of hydrogen-bond donors (Lipinski definition) is 1. The first-order valence-electron chi connectivity index (χ1n) is 6.87. The van der Waals surface area contributed by atoms with Crippen LogP contribution in [0.5, 0.6) is 0 Å². The molecule has 0 bridgehead atoms. The van der Waals surface area contributed by atoms with Gasteiger partial charge in [0.05, 0.1) is 6.26 Å². The average molecular weight is 314 g/mol. The first-order valence-corrected chi connectivity index (χ1v) is 8.72. The number of hydrogen-bond acceptors (Lipinski definition) is 3. The molecule has 1 saturated heterocycles. The average Bonchev–Trinajstić information content (AvgIpc) is 2.45. The fraction of sp³-hybridized carbons (Fsp3) is 0.500. The van der Waals surface area contributed by atoms with Crippen LogP contribution in [0.15, 0.2) is 24.3 Å². The minimum absolute atomic E-state index is 0.257. The van der Waals surface area contributed by atoms with Crippen molar-refractivity contribution in [2.75, 3.05) is 12.8 Å². The largest absolute Gasteiger partial charge is 0.351 e. The minimum Gasteiger partial charge on any atom is -0.351 e. The molecule has 7 heteroatoms. The smallest absolute Gasteiger partial charge is 0.238 e. The minimum atomic E-state index is -3.39. The van der Waals surface area contributed by atoms with Crippen molar-refractivity contribution in [2.24, 2.45) is 0 Å². The zero-order chi connectivity index (χ0) is 15.5. The zero-order valence-corrected chi connectivity index (χ0v) is 12.7. The highest BCUT2D eigenvalue weighted by Gasteiger charge is 2.34. The fourth-order valence-electron chi connectivity index (χ4n) is 2.47. The third-order valence-electron chi connectivity index (χ3n) is 3.56. The van der Waals surface area contributed by atoms with E-state index in [-0.39, 0.29) is 18.3 Å². The highest BCUT2D eigenvalue weighted by Crippen LogP contribution is 2.20. The van der Waals surface area contributed by atoms with E-state index in [4.69, 9.17) is 0 Å². The molecule has 1 atom stereocenters. The molecule has 116 valence electrons. The highest BCUT2D eigenvalue weighted by atomic mass is 32.2. The van der Waals surface area contributed by atoms with Crippen LogP contribution in [-0.4, -0.2) is 37.5 Å². The van der Waals surface area contributed by atoms with Crippen molar-refractivity contribution in [2.45, 2.75) is 31.8 Å². The molecule has 21 heavy (non-hydrogen) atoms. The van der Waals surface area contributed by atoms with E-state index < -0.39 is 16.1 Å². The van der Waals surface area contributed by atoms with Crippen LogP contribution in [0.3, 0.4) is 0 Å². The number of carbonyl (C=O) groups is 1. The number of piperidine rings is 1. The number of sulfonamides is 1. The Balaban J connectivity index is 1.99. The van der Waals surface area contributed by atoms with Crippen LogP contribution in [0.4, 0.5) is 4.39 Å². The third-order valence-corrected chi connectivity index (χ3v) is 4.85. The maximum Gasteiger partial charge on any atom is 0.238 e. The van der Waals surface area contributed by atoms with Crippen LogP contribution >= 0.6 is 0 Å². The van der Waals surface area contributed by atoms with Crippen LogP contribution < -0.4 is 5.32 Å². The molecule has 1 N–H and O–H groups in total. The van der Waals surface area contributed by atoms with Gasteiger partial charge in [0, 0.05) is 13.1 Å². The Morgan fingerprint density at radius 3 is 2.62 bits per heavy atom. The number of amides is 1. The predicted molar refractivity (Wildman–Crippen MR) is 77.4 cm³/mol. The summed E-state index contributed by atoms with van der Waals surface area (Å²) < 4.78 is 37.5. The van der Waals surface area contributed by atoms with Gasteiger partial charge in [0.25, 0.3) is 0 Å². The Labute approximate surface area is 124 Å². The van der Waals surface area contributed by atoms with Crippen molar-refractivity contribution in [3.63, 3.8) is 0 Å². The number of nitrogens with zero attached hydrogens (tertiary/aromatic N) is 1. The topological polar surface area (TPSA) is 66.5 Å². The standard InChI is InChI=1S/C14H19FN2O3S/c1-21(19,20)17-9-3-2-4-13(17)14(18)16-10-11-5-7-12(15)8-6-11/h5-8,13H,2-4,9-10H2,1H3,(H,16,18)/t13-/m1/s1. The first kappa shape index (κ1) is 15.9. The van der Waals surface area contributed by atoms with Gasteiger partial charge in [0.1, 0.15) is 11.9 Å². The molecule has 5 nitrogen and oxygen atoms in total. The van der Waals surface area contributed by atoms with E-state index in [1.807, 2.05) is 0 Å². The van der Waals surface area contributed by atoms with Gasteiger partial charge in [-0.15, -0.1) is 0 Å². The number of benzene rings is 1. The van der Waals surface area contributed by atoms with E-state index >= 15 is 0 Å². The van der Waals surface area contributed by atoms with E-state index in [2.05, 4.69) is 5.32 Å². The van der Waals surface area contributed by atoms with Gasteiger partial charge in [-0.3, -0.25) is 4.79 Å². The van der Waals surface area contributed by atoms with Crippen molar-refractivity contribution in [3.05, 3.63) is 35.6 Å². The molecule has 1 aromatic carbocycles. The van der Waals surface area contributed by atoms with Crippen LogP contribution in [0.1, 0.15) is 24.8 Å². The Morgan fingerprint density at radius 2 is 2.00 bits per heavy atom. The van der Waals surface area contributed by atoms with E-state index in [1.54, 1.807) is 12.1 Å². The Kier molecular flexibility index (Phi) is 4.95. The van der Waals surface area contributed by atoms with Gasteiger partial charge in [0.2, 0.25) is 15.9 Å². The molecule has 1 fully saturated rings. The summed E-state index contributed by atoms with van der Waals surface area (Å²) in [4.78, 5) is 12.2. The van der Waals surface area contributed by atoms with Crippen molar-refractivity contribution >= 4 is 15.9 Å². The summed E-state index contributed by atoms with van der Waals surface area (Å²) >= 11 is 0. The van der Waals surface area contributed by atoms with Crippen molar-refractivity contribution < 1.29 is 17.6 Å². The maximum absolute atomic E-state index is 12.8. The molecule has 0 spiro atoms. The number of rotatable bonds is 4. The summed E-state index contributed by atoms with van der Waals surface area (Å²) in [6, 6.07) is 5.18. The molecule has 1 aliphatic rings. The van der Waals surface area contributed by atoms with Gasteiger partial charge in [-0.1, -0.05) is 18.6 Å². The first-order chi connectivity index (χ1) is 9.88. The summed E-state index contributed by atoms with van der Waals surface area (Å²) in [5.41, 5.74) is 0.770. The van der Waals surface area contributed by atoms with E-state index in [0.29, 0.717) is 13.0 Å². The highest BCUT2D eigenvalue weighted by molar-refractivity contribution is 7.88. The summed E-state index contributed by atoms with van der Waals surface area (Å²) in [6.07, 6.45) is 3.26. The van der Waals surface area contributed by atoms with E-state index in [9.17, 15) is 17.6 Å². The lowest BCUT2D eigenvalue weighted by Crippen LogP contribution is -2.51. The molecule has 0 saturated carbocycles. The summed E-state index contributed by atoms with van der Waals surface area (Å²) in [5, 5.41) is 2.72. The lowest BCUT2D eigenvalue weighted by atomic mass is 10.0. The molecular weight excluding hydrogens is 295 g/mol. The number of carbonyl (C=O) groups excluding carboxylic acids is 1. The van der Waals surface area contributed by atoms with Crippen LogP contribution in [0.25, 0.3) is 0 Å². The third kappa shape index (κ3) is 4.25. The van der Waals surface area contributed by atoms with E-state index in [1.165, 1.54) is 16.4 Å². The second-order valence-electron chi connectivity index (χ2n) is 5.23. The van der Waals surface area contributed by atoms with Gasteiger partial charge in [0.15, 0.2) is 0 Å². The molecule has 0 unspecified atom stereocenters. The normalized spacial score (nSPS) is 20.2. The Hall–Kier alpha value is -1.47. The molecule has 0 aromatic heterocycles. The van der Waals surface area contributed by atoms with Gasteiger partial charge < -0.3 is 5.32 Å². The molecule has 1 heterocycles. The predicted octanol–water partition coefficient (Wildman–Crippen LogP) is 1.26. The monoisotopic (exact) mass is 314 g/mol. The van der Waals surface area contributed by atoms with Crippen molar-refractivity contribution in [1.29, 1.82) is 0 Å². The molecule has 0 radical (unpaired) electrons. The summed E-state index contributed by atoms with van der Waals surface area (Å²) in [6.45, 7) is 0.640. The maximum atomic E-state index is 12.8. The van der Waals surface area contributed by atoms with Crippen molar-refractivity contribution in [3.8, 4) is 0 Å². The zero-order valence-electron chi connectivity index (χ0n) is 11.9. The van der Waals surface area contributed by atoms with Gasteiger partial charge in [-0.25, -0.2) is 12.8 Å². The fourth-order valence-corrected chi connectivity index (χ4v) is 3.60. The lowest BCUT2D eigenvalue weighted by molar-refractivity contribution is -0.125. The van der Waals surface area contributed by atoms with Crippen LogP contribution in [0.2, 0.25) is 0 Å². The molecular formula is C14H19FN2O3S. The van der Waals surface area contributed by atoms with Crippen molar-refractivity contribution in [1.82, 2.24) is 9.62 Å². The Bertz CT molecular complexity index is 601. The summed E-state index contributed by atoms with van der Waals surface area (Å²) in [5.74, 6) is -0.634. The quantitative estimate of drug-likeness (QED) is 0.910. The molecule has 1 aliphatic heterocycles. The molecule has 1 amide bonds. The molecule has 1 aromatic rings. The molecule has 2 rings (SSSR count). The summed E-state index contributed by atoms with van der Waals surface area (Å²) in [7, 11) is -3.39. The molecule has 0 aliphatic carbocycles. The SMILES string of the molecule is CS(=O)(=O)N1CCCC[C@@H]1C(=O)NCc1ccc(F)cc1.